The summed E-state index contributed by atoms with van der Waals surface area (Å²) in [5.74, 6) is -0.617. The summed E-state index contributed by atoms with van der Waals surface area (Å²) in [6.45, 7) is 5.48. The molecule has 0 radical (unpaired) electrons. The molecule has 9 rings (SSSR count). The zero-order chi connectivity index (χ0) is 34.9. The highest BCUT2D eigenvalue weighted by molar-refractivity contribution is 6.02. The lowest BCUT2D eigenvalue weighted by atomic mass is 9.95. The summed E-state index contributed by atoms with van der Waals surface area (Å²) in [6.07, 6.45) is 4.64. The smallest absolute Gasteiger partial charge is 0.253 e. The van der Waals surface area contributed by atoms with Crippen LogP contribution in [-0.2, 0) is 21.4 Å². The van der Waals surface area contributed by atoms with E-state index in [1.54, 1.807) is 9.80 Å². The second-order valence-corrected chi connectivity index (χ2v) is 14.6. The molecule has 4 N–H and O–H groups in total. The summed E-state index contributed by atoms with van der Waals surface area (Å²) < 4.78 is 0. The van der Waals surface area contributed by atoms with E-state index in [1.807, 2.05) is 31.4 Å². The van der Waals surface area contributed by atoms with E-state index >= 15 is 0 Å². The number of piperazine rings is 1. The van der Waals surface area contributed by atoms with E-state index in [0.29, 0.717) is 6.42 Å². The average molecular weight is 687 g/mol. The molecule has 2 aromatic heterocycles. The maximum Gasteiger partial charge on any atom is 0.253 e. The van der Waals surface area contributed by atoms with E-state index in [-0.39, 0.29) is 29.6 Å². The molecular weight excluding hydrogens is 644 g/mol. The zero-order valence-electron chi connectivity index (χ0n) is 28.7. The number of amides is 3. The second-order valence-electron chi connectivity index (χ2n) is 14.6. The number of aliphatic hydroxyl groups is 1. The summed E-state index contributed by atoms with van der Waals surface area (Å²) in [5.41, 5.74) is 9.98. The van der Waals surface area contributed by atoms with Crippen molar-refractivity contribution in [2.24, 2.45) is 0 Å². The van der Waals surface area contributed by atoms with Crippen LogP contribution >= 0.6 is 0 Å². The number of hydrogen-bond donors (Lipinski definition) is 4. The van der Waals surface area contributed by atoms with Gasteiger partial charge in [-0.3, -0.25) is 29.6 Å². The highest BCUT2D eigenvalue weighted by Crippen LogP contribution is 2.50. The zero-order valence-corrected chi connectivity index (χ0v) is 28.7. The molecule has 6 heterocycles. The lowest BCUT2D eigenvalue weighted by Crippen LogP contribution is -2.56. The number of H-pyrrole nitrogens is 1. The number of hydrogen-bond acceptors (Lipinski definition) is 9. The van der Waals surface area contributed by atoms with Crippen LogP contribution in [-0.4, -0.2) is 96.4 Å². The number of pyridine rings is 1. The third-order valence-corrected chi connectivity index (χ3v) is 11.6. The summed E-state index contributed by atoms with van der Waals surface area (Å²) in [6, 6.07) is 20.3. The van der Waals surface area contributed by atoms with E-state index in [1.165, 1.54) is 11.3 Å². The summed E-state index contributed by atoms with van der Waals surface area (Å²) >= 11 is 0. The first-order chi connectivity index (χ1) is 24.8. The second kappa shape index (κ2) is 12.2. The number of aliphatic hydroxyl groups excluding tert-OH is 1. The Morgan fingerprint density at radius 2 is 1.73 bits per heavy atom. The van der Waals surface area contributed by atoms with Crippen LogP contribution in [0, 0.1) is 0 Å². The lowest BCUT2D eigenvalue weighted by Gasteiger charge is -2.36. The van der Waals surface area contributed by atoms with Crippen molar-refractivity contribution < 1.29 is 19.5 Å². The fraction of sp³-hybridized carbons (Fsp3) is 0.385. The fourth-order valence-electron chi connectivity index (χ4n) is 8.27. The number of benzene rings is 2. The van der Waals surface area contributed by atoms with E-state index in [0.717, 1.165) is 104 Å². The molecule has 5 aliphatic rings. The predicted octanol–water partition coefficient (Wildman–Crippen LogP) is 3.22. The van der Waals surface area contributed by atoms with Gasteiger partial charge in [-0.15, -0.1) is 0 Å². The molecule has 3 amide bonds. The van der Waals surface area contributed by atoms with Crippen LogP contribution in [0.2, 0.25) is 0 Å². The van der Waals surface area contributed by atoms with Crippen LogP contribution < -0.4 is 25.3 Å². The fourth-order valence-corrected chi connectivity index (χ4v) is 8.27. The highest BCUT2D eigenvalue weighted by Gasteiger charge is 2.50. The van der Waals surface area contributed by atoms with Gasteiger partial charge in [-0.1, -0.05) is 18.2 Å². The van der Waals surface area contributed by atoms with Gasteiger partial charge in [0, 0.05) is 92.6 Å². The molecule has 12 heteroatoms. The molecule has 4 aliphatic heterocycles. The molecule has 51 heavy (non-hydrogen) atoms. The molecule has 1 aliphatic carbocycles. The Labute approximate surface area is 296 Å². The van der Waals surface area contributed by atoms with Gasteiger partial charge < -0.3 is 30.1 Å². The summed E-state index contributed by atoms with van der Waals surface area (Å²) in [4.78, 5) is 53.5. The largest absolute Gasteiger partial charge is 0.369 e. The first-order valence-electron chi connectivity index (χ1n) is 18.0. The Morgan fingerprint density at radius 1 is 0.922 bits per heavy atom. The standard InChI is InChI=1S/C39H42N8O4/c1-44-33-20-24(2-7-31(33)47(38(44)51)32-8-9-34(48)43-37(32)50)11-15-45-16-18-46(19-17-45)27-5-3-25(4-6-27)29-21-26(10-14-40-29)30-22-28-35(42-30)39(12-13-39)23-41-36(28)49/h2-7,10,14,20-22,32,38,42,51H,8-9,11-13,15-19,23H2,1H3,(H,41,49)(H,43,48,50). The van der Waals surface area contributed by atoms with E-state index < -0.39 is 12.4 Å². The number of rotatable bonds is 7. The topological polar surface area (TPSA) is 137 Å². The molecule has 0 bridgehead atoms. The highest BCUT2D eigenvalue weighted by atomic mass is 16.3. The van der Waals surface area contributed by atoms with Gasteiger partial charge >= 0.3 is 0 Å². The number of anilines is 3. The van der Waals surface area contributed by atoms with Gasteiger partial charge in [0.25, 0.3) is 5.91 Å². The van der Waals surface area contributed by atoms with E-state index in [4.69, 9.17) is 0 Å². The van der Waals surface area contributed by atoms with Crippen molar-refractivity contribution in [2.45, 2.75) is 49.9 Å². The molecule has 2 saturated heterocycles. The summed E-state index contributed by atoms with van der Waals surface area (Å²) in [5, 5.41) is 16.5. The number of imide groups is 1. The first-order valence-corrected chi connectivity index (χ1v) is 18.0. The Hall–Kier alpha value is -5.20. The third kappa shape index (κ3) is 5.62. The Bertz CT molecular complexity index is 2030. The van der Waals surface area contributed by atoms with E-state index in [2.05, 4.69) is 72.9 Å². The number of piperidine rings is 1. The van der Waals surface area contributed by atoms with Gasteiger partial charge in [-0.25, -0.2) is 0 Å². The van der Waals surface area contributed by atoms with Crippen LogP contribution in [0.3, 0.4) is 0 Å². The van der Waals surface area contributed by atoms with Crippen molar-refractivity contribution in [1.82, 2.24) is 25.5 Å². The quantitative estimate of drug-likeness (QED) is 0.216. The maximum atomic E-state index is 12.6. The van der Waals surface area contributed by atoms with Gasteiger partial charge in [0.2, 0.25) is 18.2 Å². The summed E-state index contributed by atoms with van der Waals surface area (Å²) in [7, 11) is 1.83. The molecule has 2 aromatic carbocycles. The van der Waals surface area contributed by atoms with Crippen LogP contribution in [0.5, 0.6) is 0 Å². The van der Waals surface area contributed by atoms with Crippen LogP contribution in [0.1, 0.15) is 47.3 Å². The number of fused-ring (bicyclic) bond motifs is 3. The van der Waals surface area contributed by atoms with E-state index in [9.17, 15) is 19.5 Å². The third-order valence-electron chi connectivity index (χ3n) is 11.6. The molecule has 2 unspecified atom stereocenters. The molecule has 1 spiro atoms. The lowest BCUT2D eigenvalue weighted by molar-refractivity contribution is -0.134. The van der Waals surface area contributed by atoms with Crippen molar-refractivity contribution in [3.63, 3.8) is 0 Å². The molecule has 2 atom stereocenters. The molecule has 1 saturated carbocycles. The van der Waals surface area contributed by atoms with Crippen LogP contribution in [0.25, 0.3) is 22.5 Å². The van der Waals surface area contributed by atoms with Gasteiger partial charge in [0.15, 0.2) is 0 Å². The van der Waals surface area contributed by atoms with Gasteiger partial charge in [-0.05, 0) is 73.7 Å². The average Bonchev–Trinajstić information content (AvgIpc) is 3.71. The molecule has 4 aromatic rings. The number of nitrogens with one attached hydrogen (secondary N) is 3. The number of carbonyl (C=O) groups excluding carboxylic acids is 3. The minimum atomic E-state index is -0.960. The Kier molecular flexibility index (Phi) is 7.62. The van der Waals surface area contributed by atoms with Crippen LogP contribution in [0.15, 0.2) is 66.9 Å². The number of nitrogens with zero attached hydrogens (tertiary/aromatic N) is 5. The number of aromatic amines is 1. The molecule has 3 fully saturated rings. The maximum absolute atomic E-state index is 12.6. The van der Waals surface area contributed by atoms with Crippen molar-refractivity contribution in [3.05, 3.63) is 83.7 Å². The van der Waals surface area contributed by atoms with Crippen LogP contribution in [0.4, 0.5) is 17.1 Å². The van der Waals surface area contributed by atoms with Crippen molar-refractivity contribution in [1.29, 1.82) is 0 Å². The SMILES string of the molecule is CN1c2cc(CCN3CCN(c4ccc(-c5cc(-c6cc7c([nH]6)C6(CC6)CNC7=O)ccn5)cc4)CC3)ccc2N(C2CCC(=O)NC2=O)C1O. The van der Waals surface area contributed by atoms with Gasteiger partial charge in [0.05, 0.1) is 22.6 Å². The van der Waals surface area contributed by atoms with Gasteiger partial charge in [0.1, 0.15) is 6.04 Å². The monoisotopic (exact) mass is 686 g/mol. The minimum Gasteiger partial charge on any atom is -0.369 e. The molecule has 262 valence electrons. The minimum absolute atomic E-state index is 0.00551. The molecular formula is C39H42N8O4. The molecule has 12 nitrogen and oxygen atoms in total. The first kappa shape index (κ1) is 31.8. The Balaban J connectivity index is 0.808. The Morgan fingerprint density at radius 3 is 2.49 bits per heavy atom. The normalized spacial score (nSPS) is 22.5. The number of aromatic nitrogens is 2. The van der Waals surface area contributed by atoms with Crippen molar-refractivity contribution >= 4 is 34.8 Å². The van der Waals surface area contributed by atoms with Crippen molar-refractivity contribution in [3.8, 4) is 22.5 Å². The number of carbonyl (C=O) groups is 3. The van der Waals surface area contributed by atoms with Crippen molar-refractivity contribution in [2.75, 3.05) is 61.0 Å². The van der Waals surface area contributed by atoms with Gasteiger partial charge in [-0.2, -0.15) is 0 Å². The predicted molar refractivity (Wildman–Crippen MR) is 195 cm³/mol.